The molecule has 2 N–H and O–H groups in total. The molecule has 1 amide bonds. The van der Waals surface area contributed by atoms with E-state index in [1.807, 2.05) is 0 Å². The summed E-state index contributed by atoms with van der Waals surface area (Å²) in [7, 11) is 0. The SMILES string of the molecule is Cc1c(Cl)cccc1Oc1ncc(Cl)cc1C(=O)N[C@@H](C)c1ccc(C(=O)O)cc1. The molecule has 154 valence electrons. The van der Waals surface area contributed by atoms with Gasteiger partial charge in [-0.3, -0.25) is 4.79 Å². The van der Waals surface area contributed by atoms with Crippen molar-refractivity contribution in [2.45, 2.75) is 19.9 Å². The van der Waals surface area contributed by atoms with Gasteiger partial charge in [0.25, 0.3) is 5.91 Å². The minimum Gasteiger partial charge on any atom is -0.478 e. The molecule has 0 aliphatic heterocycles. The van der Waals surface area contributed by atoms with Crippen molar-refractivity contribution in [3.05, 3.63) is 87.0 Å². The quantitative estimate of drug-likeness (QED) is 0.510. The van der Waals surface area contributed by atoms with Crippen LogP contribution >= 0.6 is 23.2 Å². The van der Waals surface area contributed by atoms with Crippen molar-refractivity contribution in [3.8, 4) is 11.6 Å². The van der Waals surface area contributed by atoms with Crippen LogP contribution in [0.5, 0.6) is 11.6 Å². The number of carboxylic acid groups (broad SMARTS) is 1. The van der Waals surface area contributed by atoms with Crippen molar-refractivity contribution in [3.63, 3.8) is 0 Å². The summed E-state index contributed by atoms with van der Waals surface area (Å²) in [5.74, 6) is -0.879. The van der Waals surface area contributed by atoms with Gasteiger partial charge in [-0.05, 0) is 49.7 Å². The summed E-state index contributed by atoms with van der Waals surface area (Å²) < 4.78 is 5.85. The maximum absolute atomic E-state index is 12.9. The van der Waals surface area contributed by atoms with E-state index >= 15 is 0 Å². The maximum atomic E-state index is 12.9. The second-order valence-electron chi connectivity index (χ2n) is 6.59. The van der Waals surface area contributed by atoms with Crippen LogP contribution in [0.1, 0.15) is 44.8 Å². The number of nitrogens with one attached hydrogen (secondary N) is 1. The number of aromatic nitrogens is 1. The molecule has 0 radical (unpaired) electrons. The van der Waals surface area contributed by atoms with Gasteiger partial charge >= 0.3 is 5.97 Å². The number of pyridine rings is 1. The zero-order valence-electron chi connectivity index (χ0n) is 16.1. The molecule has 0 saturated carbocycles. The number of carboxylic acids is 1. The van der Waals surface area contributed by atoms with E-state index < -0.39 is 11.9 Å². The monoisotopic (exact) mass is 444 g/mol. The Kier molecular flexibility index (Phi) is 6.59. The van der Waals surface area contributed by atoms with Gasteiger partial charge in [0, 0.05) is 16.8 Å². The van der Waals surface area contributed by atoms with E-state index in [1.54, 1.807) is 44.2 Å². The minimum atomic E-state index is -1.01. The number of rotatable bonds is 6. The fourth-order valence-corrected chi connectivity index (χ4v) is 3.07. The number of aromatic carboxylic acids is 1. The van der Waals surface area contributed by atoms with E-state index in [1.165, 1.54) is 24.4 Å². The highest BCUT2D eigenvalue weighted by molar-refractivity contribution is 6.31. The van der Waals surface area contributed by atoms with E-state index in [-0.39, 0.29) is 28.1 Å². The third kappa shape index (κ3) is 4.90. The number of hydrogen-bond donors (Lipinski definition) is 2. The van der Waals surface area contributed by atoms with Crippen LogP contribution in [0.4, 0.5) is 0 Å². The summed E-state index contributed by atoms with van der Waals surface area (Å²) in [6.45, 7) is 3.59. The predicted octanol–water partition coefficient (Wildman–Crippen LogP) is 5.68. The molecule has 8 heteroatoms. The predicted molar refractivity (Wildman–Crippen MR) is 115 cm³/mol. The van der Waals surface area contributed by atoms with Crippen LogP contribution in [0.15, 0.2) is 54.7 Å². The Labute approximate surface area is 183 Å². The molecule has 0 spiro atoms. The lowest BCUT2D eigenvalue weighted by atomic mass is 10.1. The average Bonchev–Trinajstić information content (AvgIpc) is 2.72. The number of carbonyl (C=O) groups excluding carboxylic acids is 1. The van der Waals surface area contributed by atoms with Crippen LogP contribution in [0.2, 0.25) is 10.0 Å². The lowest BCUT2D eigenvalue weighted by Gasteiger charge is -2.17. The molecule has 3 aromatic rings. The van der Waals surface area contributed by atoms with Crippen LogP contribution in [0.25, 0.3) is 0 Å². The zero-order valence-corrected chi connectivity index (χ0v) is 17.7. The number of nitrogens with zero attached hydrogens (tertiary/aromatic N) is 1. The Balaban J connectivity index is 1.83. The van der Waals surface area contributed by atoms with Crippen LogP contribution in [-0.4, -0.2) is 22.0 Å². The van der Waals surface area contributed by atoms with Gasteiger partial charge in [-0.2, -0.15) is 0 Å². The molecule has 1 heterocycles. The first kappa shape index (κ1) is 21.6. The molecular weight excluding hydrogens is 427 g/mol. The van der Waals surface area contributed by atoms with E-state index in [0.29, 0.717) is 16.3 Å². The molecule has 6 nitrogen and oxygen atoms in total. The Morgan fingerprint density at radius 2 is 1.83 bits per heavy atom. The molecule has 0 aliphatic rings. The van der Waals surface area contributed by atoms with E-state index in [0.717, 1.165) is 5.56 Å². The number of hydrogen-bond acceptors (Lipinski definition) is 4. The molecule has 1 atom stereocenters. The zero-order chi connectivity index (χ0) is 21.8. The van der Waals surface area contributed by atoms with Gasteiger partial charge < -0.3 is 15.2 Å². The number of benzene rings is 2. The largest absolute Gasteiger partial charge is 0.478 e. The van der Waals surface area contributed by atoms with Gasteiger partial charge in [0.05, 0.1) is 16.6 Å². The van der Waals surface area contributed by atoms with E-state index in [4.69, 9.17) is 33.0 Å². The minimum absolute atomic E-state index is 0.0932. The Morgan fingerprint density at radius 1 is 1.13 bits per heavy atom. The number of ether oxygens (including phenoxy) is 1. The molecule has 1 aromatic heterocycles. The van der Waals surface area contributed by atoms with Crippen molar-refractivity contribution in [2.24, 2.45) is 0 Å². The van der Waals surface area contributed by atoms with Gasteiger partial charge in [-0.15, -0.1) is 0 Å². The van der Waals surface area contributed by atoms with Gasteiger partial charge in [0.2, 0.25) is 5.88 Å². The Hall–Kier alpha value is -3.09. The fourth-order valence-electron chi connectivity index (χ4n) is 2.75. The lowest BCUT2D eigenvalue weighted by molar-refractivity contribution is 0.0696. The molecule has 3 rings (SSSR count). The van der Waals surface area contributed by atoms with Gasteiger partial charge in [-0.25, -0.2) is 9.78 Å². The first-order valence-corrected chi connectivity index (χ1v) is 9.74. The first-order chi connectivity index (χ1) is 14.3. The average molecular weight is 445 g/mol. The summed E-state index contributed by atoms with van der Waals surface area (Å²) in [6.07, 6.45) is 1.39. The van der Waals surface area contributed by atoms with Gasteiger partial charge in [0.15, 0.2) is 0 Å². The molecule has 0 fully saturated rings. The van der Waals surface area contributed by atoms with Gasteiger partial charge in [0.1, 0.15) is 11.3 Å². The molecule has 30 heavy (non-hydrogen) atoms. The van der Waals surface area contributed by atoms with E-state index in [9.17, 15) is 9.59 Å². The summed E-state index contributed by atoms with van der Waals surface area (Å²) in [5, 5.41) is 12.7. The second-order valence-corrected chi connectivity index (χ2v) is 7.44. The van der Waals surface area contributed by atoms with E-state index in [2.05, 4.69) is 10.3 Å². The second kappa shape index (κ2) is 9.15. The number of carbonyl (C=O) groups is 2. The van der Waals surface area contributed by atoms with Crippen molar-refractivity contribution in [2.75, 3.05) is 0 Å². The smallest absolute Gasteiger partial charge is 0.335 e. The topological polar surface area (TPSA) is 88.5 Å². The Bertz CT molecular complexity index is 1100. The number of amides is 1. The highest BCUT2D eigenvalue weighted by atomic mass is 35.5. The van der Waals surface area contributed by atoms with Crippen molar-refractivity contribution < 1.29 is 19.4 Å². The van der Waals surface area contributed by atoms with Crippen LogP contribution < -0.4 is 10.1 Å². The molecule has 0 saturated heterocycles. The highest BCUT2D eigenvalue weighted by Crippen LogP contribution is 2.31. The van der Waals surface area contributed by atoms with Crippen molar-refractivity contribution in [1.29, 1.82) is 0 Å². The Morgan fingerprint density at radius 3 is 2.50 bits per heavy atom. The van der Waals surface area contributed by atoms with Crippen molar-refractivity contribution in [1.82, 2.24) is 10.3 Å². The number of halogens is 2. The molecule has 0 unspecified atom stereocenters. The molecule has 0 aliphatic carbocycles. The first-order valence-electron chi connectivity index (χ1n) is 8.99. The fraction of sp³-hybridized carbons (Fsp3) is 0.136. The van der Waals surface area contributed by atoms with Crippen molar-refractivity contribution >= 4 is 35.1 Å². The van der Waals surface area contributed by atoms with Gasteiger partial charge in [-0.1, -0.05) is 41.4 Å². The molecular formula is C22H18Cl2N2O4. The van der Waals surface area contributed by atoms with Crippen LogP contribution in [-0.2, 0) is 0 Å². The molecule has 0 bridgehead atoms. The summed E-state index contributed by atoms with van der Waals surface area (Å²) in [6, 6.07) is 12.6. The molecule has 2 aromatic carbocycles. The van der Waals surface area contributed by atoms with Crippen LogP contribution in [0, 0.1) is 6.92 Å². The normalized spacial score (nSPS) is 11.6. The summed E-state index contributed by atoms with van der Waals surface area (Å²) in [5.41, 5.74) is 1.80. The summed E-state index contributed by atoms with van der Waals surface area (Å²) >= 11 is 12.2. The standard InChI is InChI=1S/C22H18Cl2N2O4/c1-12-18(24)4-3-5-19(12)30-21-17(10-16(23)11-25-21)20(27)26-13(2)14-6-8-15(9-7-14)22(28)29/h3-11,13H,1-2H3,(H,26,27)(H,28,29)/t13-/m0/s1. The third-order valence-corrected chi connectivity index (χ3v) is 5.11. The third-order valence-electron chi connectivity index (χ3n) is 4.49. The highest BCUT2D eigenvalue weighted by Gasteiger charge is 2.19. The lowest BCUT2D eigenvalue weighted by Crippen LogP contribution is -2.27. The van der Waals surface area contributed by atoms with Crippen LogP contribution in [0.3, 0.4) is 0 Å². The maximum Gasteiger partial charge on any atom is 0.335 e. The summed E-state index contributed by atoms with van der Waals surface area (Å²) in [4.78, 5) is 28.1.